The average molecular weight is 318 g/mol. The van der Waals surface area contributed by atoms with Crippen LogP contribution in [0.1, 0.15) is 17.9 Å². The molecule has 1 N–H and O–H groups in total. The van der Waals surface area contributed by atoms with Crippen molar-refractivity contribution in [3.63, 3.8) is 0 Å². The van der Waals surface area contributed by atoms with Gasteiger partial charge in [0.05, 0.1) is 6.42 Å². The lowest BCUT2D eigenvalue weighted by Gasteiger charge is -1.97. The molecule has 5 nitrogen and oxygen atoms in total. The lowest BCUT2D eigenvalue weighted by atomic mass is 10.1. The molecule has 0 saturated heterocycles. The minimum absolute atomic E-state index is 0.166. The Balaban J connectivity index is 1.95. The number of thiophene rings is 2. The van der Waals surface area contributed by atoms with Gasteiger partial charge in [0.25, 0.3) is 5.89 Å². The van der Waals surface area contributed by atoms with Crippen LogP contribution in [-0.4, -0.2) is 21.2 Å². The van der Waals surface area contributed by atoms with E-state index in [1.54, 1.807) is 17.4 Å². The van der Waals surface area contributed by atoms with Crippen LogP contribution in [0.5, 0.6) is 0 Å². The summed E-state index contributed by atoms with van der Waals surface area (Å²) < 4.78 is 5.22. The first kappa shape index (κ1) is 13.7. The number of rotatable bonds is 5. The maximum absolute atomic E-state index is 11.0. The summed E-state index contributed by atoms with van der Waals surface area (Å²) in [6.45, 7) is 0. The first-order chi connectivity index (χ1) is 10.2. The van der Waals surface area contributed by atoms with E-state index in [4.69, 9.17) is 9.63 Å². The maximum Gasteiger partial charge on any atom is 0.308 e. The summed E-state index contributed by atoms with van der Waals surface area (Å²) in [5.41, 5.74) is 2.28. The third kappa shape index (κ3) is 3.26. The van der Waals surface area contributed by atoms with Gasteiger partial charge in [0.1, 0.15) is 0 Å². The van der Waals surface area contributed by atoms with Crippen LogP contribution in [0.2, 0.25) is 0 Å². The molecule has 0 bridgehead atoms. The van der Waals surface area contributed by atoms with E-state index in [1.165, 1.54) is 11.3 Å². The van der Waals surface area contributed by atoms with Crippen molar-refractivity contribution in [2.24, 2.45) is 0 Å². The molecular weight excluding hydrogens is 308 g/mol. The van der Waals surface area contributed by atoms with Crippen molar-refractivity contribution in [1.82, 2.24) is 10.1 Å². The SMILES string of the molecule is O=C(O)C/C(=C\c1ccsc1)c1nc(-c2ccsc2)no1. The second-order valence-corrected chi connectivity index (χ2v) is 5.79. The predicted molar refractivity (Wildman–Crippen MR) is 82.1 cm³/mol. The minimum Gasteiger partial charge on any atom is -0.481 e. The lowest BCUT2D eigenvalue weighted by molar-refractivity contribution is -0.135. The van der Waals surface area contributed by atoms with E-state index >= 15 is 0 Å². The molecule has 3 aromatic heterocycles. The summed E-state index contributed by atoms with van der Waals surface area (Å²) in [5.74, 6) is -0.232. The van der Waals surface area contributed by atoms with Gasteiger partial charge in [-0.2, -0.15) is 27.7 Å². The van der Waals surface area contributed by atoms with Crippen LogP contribution in [0.3, 0.4) is 0 Å². The largest absolute Gasteiger partial charge is 0.481 e. The Morgan fingerprint density at radius 3 is 2.76 bits per heavy atom. The first-order valence-electron chi connectivity index (χ1n) is 6.03. The molecule has 3 rings (SSSR count). The Morgan fingerprint density at radius 1 is 1.29 bits per heavy atom. The summed E-state index contributed by atoms with van der Waals surface area (Å²) in [6, 6.07) is 3.79. The van der Waals surface area contributed by atoms with Gasteiger partial charge in [-0.05, 0) is 39.9 Å². The average Bonchev–Trinajstić information content (AvgIpc) is 3.19. The minimum atomic E-state index is -0.938. The molecule has 106 valence electrons. The third-order valence-electron chi connectivity index (χ3n) is 2.71. The molecule has 0 radical (unpaired) electrons. The Kier molecular flexibility index (Phi) is 3.94. The molecule has 0 aliphatic carbocycles. The van der Waals surface area contributed by atoms with E-state index in [9.17, 15) is 4.79 Å². The summed E-state index contributed by atoms with van der Waals surface area (Å²) >= 11 is 3.08. The highest BCUT2D eigenvalue weighted by Crippen LogP contribution is 2.25. The smallest absolute Gasteiger partial charge is 0.308 e. The molecule has 0 amide bonds. The topological polar surface area (TPSA) is 76.2 Å². The summed E-state index contributed by atoms with van der Waals surface area (Å²) in [4.78, 5) is 15.3. The lowest BCUT2D eigenvalue weighted by Crippen LogP contribution is -1.97. The van der Waals surface area contributed by atoms with Crippen molar-refractivity contribution in [2.45, 2.75) is 6.42 Å². The first-order valence-corrected chi connectivity index (χ1v) is 7.92. The molecule has 7 heteroatoms. The zero-order valence-corrected chi connectivity index (χ0v) is 12.4. The third-order valence-corrected chi connectivity index (χ3v) is 4.09. The zero-order valence-electron chi connectivity index (χ0n) is 10.7. The van der Waals surface area contributed by atoms with Crippen molar-refractivity contribution >= 4 is 40.3 Å². The van der Waals surface area contributed by atoms with E-state index in [0.29, 0.717) is 11.4 Å². The predicted octanol–water partition coefficient (Wildman–Crippen LogP) is 3.87. The Bertz CT molecular complexity index is 758. The number of aliphatic carboxylic acids is 1. The van der Waals surface area contributed by atoms with Crippen molar-refractivity contribution in [1.29, 1.82) is 0 Å². The van der Waals surface area contributed by atoms with E-state index in [-0.39, 0.29) is 12.3 Å². The van der Waals surface area contributed by atoms with Gasteiger partial charge in [-0.25, -0.2) is 0 Å². The summed E-state index contributed by atoms with van der Waals surface area (Å²) in [7, 11) is 0. The van der Waals surface area contributed by atoms with E-state index in [2.05, 4.69) is 10.1 Å². The standard InChI is InChI=1S/C14H10N2O3S2/c17-12(18)6-11(5-9-1-3-20-7-9)14-15-13(16-19-14)10-2-4-21-8-10/h1-5,7-8H,6H2,(H,17,18)/b11-5+. The van der Waals surface area contributed by atoms with Crippen LogP contribution in [0.4, 0.5) is 0 Å². The van der Waals surface area contributed by atoms with Crippen LogP contribution in [0.15, 0.2) is 38.2 Å². The molecule has 0 atom stereocenters. The van der Waals surface area contributed by atoms with Crippen molar-refractivity contribution in [3.8, 4) is 11.4 Å². The number of carbonyl (C=O) groups is 1. The quantitative estimate of drug-likeness (QED) is 0.772. The molecule has 3 heterocycles. The number of carboxylic acids is 1. The number of aromatic nitrogens is 2. The summed E-state index contributed by atoms with van der Waals surface area (Å²) in [5, 5.41) is 20.6. The van der Waals surface area contributed by atoms with Crippen LogP contribution in [0.25, 0.3) is 23.0 Å². The van der Waals surface area contributed by atoms with Crippen LogP contribution >= 0.6 is 22.7 Å². The van der Waals surface area contributed by atoms with Gasteiger partial charge < -0.3 is 9.63 Å². The molecule has 0 saturated carbocycles. The van der Waals surface area contributed by atoms with E-state index in [1.807, 2.05) is 33.7 Å². The normalized spacial score (nSPS) is 11.7. The fraction of sp³-hybridized carbons (Fsp3) is 0.0714. The van der Waals surface area contributed by atoms with Crippen molar-refractivity contribution < 1.29 is 14.4 Å². The Labute approximate surface area is 128 Å². The summed E-state index contributed by atoms with van der Waals surface area (Å²) in [6.07, 6.45) is 1.59. The monoisotopic (exact) mass is 318 g/mol. The van der Waals surface area contributed by atoms with E-state index in [0.717, 1.165) is 11.1 Å². The molecule has 0 fully saturated rings. The number of hydrogen-bond acceptors (Lipinski definition) is 6. The second kappa shape index (κ2) is 6.02. The number of hydrogen-bond donors (Lipinski definition) is 1. The molecule has 3 aromatic rings. The van der Waals surface area contributed by atoms with Gasteiger partial charge in [-0.15, -0.1) is 0 Å². The van der Waals surface area contributed by atoms with Crippen LogP contribution < -0.4 is 0 Å². The fourth-order valence-electron chi connectivity index (χ4n) is 1.77. The molecule has 21 heavy (non-hydrogen) atoms. The van der Waals surface area contributed by atoms with Crippen LogP contribution in [-0.2, 0) is 4.79 Å². The molecular formula is C14H10N2O3S2. The van der Waals surface area contributed by atoms with E-state index < -0.39 is 5.97 Å². The van der Waals surface area contributed by atoms with Gasteiger partial charge in [-0.3, -0.25) is 4.79 Å². The number of carboxylic acid groups (broad SMARTS) is 1. The second-order valence-electron chi connectivity index (χ2n) is 4.23. The van der Waals surface area contributed by atoms with Gasteiger partial charge in [0.15, 0.2) is 0 Å². The van der Waals surface area contributed by atoms with Crippen LogP contribution in [0, 0.1) is 0 Å². The molecule has 0 spiro atoms. The molecule has 0 unspecified atom stereocenters. The highest BCUT2D eigenvalue weighted by atomic mass is 32.1. The van der Waals surface area contributed by atoms with Gasteiger partial charge in [0, 0.05) is 16.5 Å². The highest BCUT2D eigenvalue weighted by Gasteiger charge is 2.16. The van der Waals surface area contributed by atoms with Gasteiger partial charge in [0.2, 0.25) is 5.82 Å². The maximum atomic E-state index is 11.0. The zero-order chi connectivity index (χ0) is 14.7. The molecule has 0 aromatic carbocycles. The Morgan fingerprint density at radius 2 is 2.10 bits per heavy atom. The molecule has 0 aliphatic heterocycles. The highest BCUT2D eigenvalue weighted by molar-refractivity contribution is 7.08. The van der Waals surface area contributed by atoms with Gasteiger partial charge in [-0.1, -0.05) is 5.16 Å². The number of nitrogens with zero attached hydrogens (tertiary/aromatic N) is 2. The molecule has 0 aliphatic rings. The Hall–Kier alpha value is -2.25. The van der Waals surface area contributed by atoms with Gasteiger partial charge >= 0.3 is 5.97 Å². The van der Waals surface area contributed by atoms with Crippen molar-refractivity contribution in [3.05, 3.63) is 45.1 Å². The van der Waals surface area contributed by atoms with Crippen molar-refractivity contribution in [2.75, 3.05) is 0 Å². The fourth-order valence-corrected chi connectivity index (χ4v) is 3.02.